The van der Waals surface area contributed by atoms with Crippen molar-refractivity contribution in [1.82, 2.24) is 19.6 Å². The Morgan fingerprint density at radius 1 is 0.778 bits per heavy atom. The van der Waals surface area contributed by atoms with Gasteiger partial charge in [-0.3, -0.25) is 19.0 Å². The molecule has 4 heterocycles. The first-order chi connectivity index (χ1) is 29.7. The third-order valence-electron chi connectivity index (χ3n) is 11.6. The molecule has 2 fully saturated rings. The van der Waals surface area contributed by atoms with Gasteiger partial charge in [-0.2, -0.15) is 20.7 Å². The van der Waals surface area contributed by atoms with Crippen LogP contribution in [0.4, 0.5) is 17.3 Å². The van der Waals surface area contributed by atoms with E-state index < -0.39 is 26.1 Å². The van der Waals surface area contributed by atoms with E-state index >= 15 is 0 Å². The number of nitriles is 2. The van der Waals surface area contributed by atoms with E-state index in [2.05, 4.69) is 64.4 Å². The molecule has 0 saturated heterocycles. The van der Waals surface area contributed by atoms with Gasteiger partial charge in [-0.15, -0.1) is 0 Å². The lowest BCUT2D eigenvalue weighted by molar-refractivity contribution is 0.0992. The maximum atomic E-state index is 12.0. The molecule has 16 nitrogen and oxygen atoms in total. The van der Waals surface area contributed by atoms with E-state index in [1.807, 2.05) is 57.2 Å². The van der Waals surface area contributed by atoms with Crippen molar-refractivity contribution < 1.29 is 28.9 Å². The van der Waals surface area contributed by atoms with Gasteiger partial charge in [0.15, 0.2) is 11.6 Å². The Balaban J connectivity index is 0.000000173. The summed E-state index contributed by atoms with van der Waals surface area (Å²) in [6, 6.07) is 15.7. The Bertz CT molecular complexity index is 2530. The van der Waals surface area contributed by atoms with Gasteiger partial charge < -0.3 is 41.9 Å². The van der Waals surface area contributed by atoms with E-state index in [0.717, 1.165) is 70.8 Å². The van der Waals surface area contributed by atoms with Gasteiger partial charge in [-0.1, -0.05) is 69.6 Å². The molecule has 4 aliphatic rings. The van der Waals surface area contributed by atoms with E-state index in [9.17, 15) is 24.9 Å². The fourth-order valence-electron chi connectivity index (χ4n) is 8.16. The molecular formula is C44H53B2BrN10O6. The summed E-state index contributed by atoms with van der Waals surface area (Å²) in [6.45, 7) is 12.2. The molecule has 0 bridgehead atoms. The van der Waals surface area contributed by atoms with Crippen LogP contribution in [-0.2, 0) is 0 Å². The zero-order valence-electron chi connectivity index (χ0n) is 36.3. The van der Waals surface area contributed by atoms with Crippen LogP contribution in [0.1, 0.15) is 124 Å². The fourth-order valence-corrected chi connectivity index (χ4v) is 8.54. The molecule has 0 radical (unpaired) electrons. The first kappa shape index (κ1) is 46.5. The smallest absolute Gasteiger partial charge is 0.532 e. The van der Waals surface area contributed by atoms with Gasteiger partial charge in [0, 0.05) is 33.7 Å². The molecule has 8 rings (SSSR count). The van der Waals surface area contributed by atoms with E-state index in [1.54, 1.807) is 27.7 Å². The number of hydrogen-bond acceptors (Lipinski definition) is 12. The van der Waals surface area contributed by atoms with Gasteiger partial charge in [0.05, 0.1) is 36.1 Å². The number of primary amides is 2. The molecule has 1 unspecified atom stereocenters. The summed E-state index contributed by atoms with van der Waals surface area (Å²) in [6.07, 6.45) is 12.5. The zero-order valence-corrected chi connectivity index (χ0v) is 37.9. The number of aromatic nitrogens is 4. The number of rotatable bonds is 6. The van der Waals surface area contributed by atoms with Gasteiger partial charge in [0.25, 0.3) is 11.8 Å². The Kier molecular flexibility index (Phi) is 13.8. The number of anilines is 3. The number of carbonyl (C=O) groups excluding carboxylic acids is 2. The van der Waals surface area contributed by atoms with Crippen LogP contribution < -0.4 is 31.8 Å². The first-order valence-corrected chi connectivity index (χ1v) is 21.6. The Morgan fingerprint density at radius 3 is 1.73 bits per heavy atom. The van der Waals surface area contributed by atoms with Crippen molar-refractivity contribution >= 4 is 71.5 Å². The Labute approximate surface area is 376 Å². The Morgan fingerprint density at radius 2 is 1.25 bits per heavy atom. The average molecular weight is 919 g/mol. The zero-order chi connectivity index (χ0) is 46.0. The van der Waals surface area contributed by atoms with Gasteiger partial charge in [0.1, 0.15) is 22.6 Å². The predicted octanol–water partition coefficient (Wildman–Crippen LogP) is 7.15. The van der Waals surface area contributed by atoms with Gasteiger partial charge in [0.2, 0.25) is 0 Å². The number of nitrogen functional groups attached to an aromatic ring is 1. The second-order valence-electron chi connectivity index (χ2n) is 18.2. The molecular weight excluding hydrogens is 866 g/mol. The second-order valence-corrected chi connectivity index (χ2v) is 19.1. The summed E-state index contributed by atoms with van der Waals surface area (Å²) in [5.41, 5.74) is 20.7. The maximum Gasteiger partial charge on any atom is 0.556 e. The van der Waals surface area contributed by atoms with Crippen LogP contribution in [0, 0.1) is 45.3 Å². The molecule has 63 heavy (non-hydrogen) atoms. The number of hydrogen-bond donors (Lipinski definition) is 6. The van der Waals surface area contributed by atoms with Gasteiger partial charge in [-0.25, -0.2) is 0 Å². The molecule has 4 atom stereocenters. The van der Waals surface area contributed by atoms with E-state index in [0.29, 0.717) is 17.3 Å². The summed E-state index contributed by atoms with van der Waals surface area (Å²) in [5.74, 6) is 0.443. The monoisotopic (exact) mass is 918 g/mol. The van der Waals surface area contributed by atoms with E-state index in [-0.39, 0.29) is 51.7 Å². The molecule has 4 aromatic rings. The number of nitrogens with two attached hydrogens (primary N) is 3. The third kappa shape index (κ3) is 10.6. The van der Waals surface area contributed by atoms with Crippen molar-refractivity contribution in [2.24, 2.45) is 34.1 Å². The summed E-state index contributed by atoms with van der Waals surface area (Å²) >= 11 is 3.43. The van der Waals surface area contributed by atoms with Crippen LogP contribution in [0.25, 0.3) is 12.2 Å². The number of halogens is 1. The fraction of sp³-hybridized carbons (Fsp3) is 0.409. The number of fused-ring (bicyclic) bond motifs is 2. The number of nitrogens with zero attached hydrogens (tertiary/aromatic N) is 6. The summed E-state index contributed by atoms with van der Waals surface area (Å²) in [4.78, 5) is 23.0. The maximum absolute atomic E-state index is 12.0. The summed E-state index contributed by atoms with van der Waals surface area (Å²) in [7, 11) is -1.82. The second kappa shape index (κ2) is 18.8. The first-order valence-electron chi connectivity index (χ1n) is 20.8. The normalized spacial score (nSPS) is 20.1. The molecule has 328 valence electrons. The topological polar surface area (TPSA) is 266 Å². The molecule has 2 aromatic carbocycles. The predicted molar refractivity (Wildman–Crippen MR) is 246 cm³/mol. The molecule has 0 spiro atoms. The number of allylic oxidation sites excluding steroid dienone is 2. The lowest BCUT2D eigenvalue weighted by Crippen LogP contribution is -2.34. The number of amides is 2. The number of carbonyl (C=O) groups is 2. The number of nitrogens with one attached hydrogen (secondary N) is 1. The van der Waals surface area contributed by atoms with Crippen LogP contribution in [0.3, 0.4) is 0 Å². The van der Waals surface area contributed by atoms with Gasteiger partial charge in [-0.05, 0) is 96.7 Å². The summed E-state index contributed by atoms with van der Waals surface area (Å²) < 4.78 is 15.5. The van der Waals surface area contributed by atoms with Crippen molar-refractivity contribution in [3.8, 4) is 23.6 Å². The Hall–Kier alpha value is -6.01. The molecule has 19 heteroatoms. The molecule has 2 aromatic heterocycles. The third-order valence-corrected chi connectivity index (χ3v) is 12.1. The van der Waals surface area contributed by atoms with Crippen molar-refractivity contribution in [2.75, 3.05) is 11.1 Å². The minimum Gasteiger partial charge on any atom is -0.532 e. The molecule has 2 aliphatic heterocycles. The number of benzene rings is 2. The van der Waals surface area contributed by atoms with Crippen LogP contribution >= 0.6 is 15.9 Å². The van der Waals surface area contributed by atoms with Crippen molar-refractivity contribution in [1.29, 1.82) is 10.5 Å². The molecule has 2 saturated carbocycles. The van der Waals surface area contributed by atoms with Crippen LogP contribution in [0.5, 0.6) is 11.5 Å². The minimum absolute atomic E-state index is 0.0143. The highest BCUT2D eigenvalue weighted by atomic mass is 79.9. The minimum atomic E-state index is -0.983. The van der Waals surface area contributed by atoms with Crippen molar-refractivity contribution in [2.45, 2.75) is 92.2 Å². The average Bonchev–Trinajstić information content (AvgIpc) is 4.03. The lowest BCUT2D eigenvalue weighted by atomic mass is 9.63. The van der Waals surface area contributed by atoms with E-state index in [4.69, 9.17) is 31.8 Å². The lowest BCUT2D eigenvalue weighted by Gasteiger charge is -2.29. The van der Waals surface area contributed by atoms with Crippen LogP contribution in [-0.4, -0.2) is 55.7 Å². The highest BCUT2D eigenvalue weighted by Gasteiger charge is 2.37. The molecule has 2 amide bonds. The molecule has 2 aliphatic carbocycles. The largest absolute Gasteiger partial charge is 0.556 e. The van der Waals surface area contributed by atoms with Crippen LogP contribution in [0.15, 0.2) is 64.2 Å². The van der Waals surface area contributed by atoms with Crippen molar-refractivity contribution in [3.05, 3.63) is 86.5 Å². The van der Waals surface area contributed by atoms with Gasteiger partial charge >= 0.3 is 14.2 Å². The van der Waals surface area contributed by atoms with E-state index in [1.165, 1.54) is 6.20 Å². The standard InChI is InChI=1S/C22H26BN5O3.C12H14BBrO2.C10H13N5O/c1-22(2,3)19-10-14-9-15(7-8-18(14)31-23(19)30)26-21-16(20(25)29)12-28(27-21)17-6-4-5-13(17)11-24;1-12(2,3)11-7-8-6-9(14)4-5-10(8)16-13(11)15;11-4-6-2-1-3-8(6)15-5-7(10(13)16)9(12)14-15/h7-10,12-13,17,30H,4-6H2,1-3H3,(H2,25,29)(H,26,27);4-7,15H,1-3H3;5-6,8H,1-3H2,(H2,12,14)(H2,13,16)/t13-,17?;;6-,8+/m1.1/s1. The van der Waals surface area contributed by atoms with Crippen LogP contribution in [0.2, 0.25) is 0 Å². The highest BCUT2D eigenvalue weighted by Crippen LogP contribution is 2.40. The SMILES string of the molecule is CC(C)(C)C1=Cc2cc(Br)ccc2OB1O.CC(C)(C)C1=Cc2cc(Nc3nn(C4CCC[C@@H]4C#N)cc3C(N)=O)ccc2OB1O.N#C[C@H]1CCC[C@@H]1n1cc(C(N)=O)c(N)n1. The molecule has 9 N–H and O–H groups in total. The van der Waals surface area contributed by atoms with Crippen molar-refractivity contribution in [3.63, 3.8) is 0 Å². The highest BCUT2D eigenvalue weighted by molar-refractivity contribution is 9.10. The quantitative estimate of drug-likeness (QED) is 0.105. The summed E-state index contributed by atoms with van der Waals surface area (Å²) in [5, 5.41) is 50.4.